The van der Waals surface area contributed by atoms with E-state index in [0.29, 0.717) is 5.03 Å². The van der Waals surface area contributed by atoms with Crippen molar-refractivity contribution in [2.75, 3.05) is 44.2 Å². The fraction of sp³-hybridized carbons (Fsp3) is 0.700. The van der Waals surface area contributed by atoms with Gasteiger partial charge >= 0.3 is 0 Å². The molecule has 1 aliphatic heterocycles. The quantitative estimate of drug-likeness (QED) is 0.682. The van der Waals surface area contributed by atoms with Crippen LogP contribution in [0.25, 0.3) is 0 Å². The van der Waals surface area contributed by atoms with Crippen molar-refractivity contribution in [3.8, 4) is 0 Å². The van der Waals surface area contributed by atoms with E-state index in [-0.39, 0.29) is 24.0 Å². The van der Waals surface area contributed by atoms with Crippen LogP contribution < -0.4 is 10.2 Å². The molecule has 1 N–H and O–H groups in total. The lowest BCUT2D eigenvalue weighted by Crippen LogP contribution is -2.47. The van der Waals surface area contributed by atoms with E-state index in [0.717, 1.165) is 70.8 Å². The highest BCUT2D eigenvalue weighted by Gasteiger charge is 2.21. The second kappa shape index (κ2) is 10.9. The van der Waals surface area contributed by atoms with Crippen LogP contribution in [0.3, 0.4) is 0 Å². The Bertz CT molecular complexity index is 589. The number of piperazine rings is 1. The highest BCUT2D eigenvalue weighted by Crippen LogP contribution is 2.23. The van der Waals surface area contributed by atoms with Gasteiger partial charge in [0.25, 0.3) is 0 Å². The lowest BCUT2D eigenvalue weighted by Gasteiger charge is -2.35. The van der Waals surface area contributed by atoms with Crippen molar-refractivity contribution < 1.29 is 8.68 Å². The number of halogens is 1. The second-order valence-electron chi connectivity index (χ2n) is 7.57. The predicted molar refractivity (Wildman–Crippen MR) is 109 cm³/mol. The van der Waals surface area contributed by atoms with Gasteiger partial charge in [0.05, 0.1) is 0 Å². The summed E-state index contributed by atoms with van der Waals surface area (Å²) in [5.74, 6) is 1.39. The minimum absolute atomic E-state index is 0.196. The van der Waals surface area contributed by atoms with Gasteiger partial charge in [-0.1, -0.05) is 25.3 Å². The molecule has 0 bridgehead atoms. The Morgan fingerprint density at radius 2 is 1.93 bits per heavy atom. The standard InChI is InChI=1S/C20H31FN4OS/c21-27-19-10-6-9-18(23-19)25-15-13-24(14-16-25)12-5-4-11-22-20(26)17-7-2-1-3-8-17/h6,9-10,17H,1-5,7-8,11-16H2,(H,22,26). The predicted octanol–water partition coefficient (Wildman–Crippen LogP) is 3.66. The zero-order valence-corrected chi connectivity index (χ0v) is 16.9. The van der Waals surface area contributed by atoms with E-state index < -0.39 is 0 Å². The molecule has 3 rings (SSSR count). The van der Waals surface area contributed by atoms with Gasteiger partial charge in [0, 0.05) is 38.6 Å². The fourth-order valence-corrected chi connectivity index (χ4v) is 4.26. The molecule has 0 atom stereocenters. The molecule has 1 amide bonds. The van der Waals surface area contributed by atoms with Gasteiger partial charge in [-0.2, -0.15) is 3.89 Å². The summed E-state index contributed by atoms with van der Waals surface area (Å²) in [5.41, 5.74) is 0. The number of hydrogen-bond acceptors (Lipinski definition) is 5. The second-order valence-corrected chi connectivity index (χ2v) is 8.15. The first-order valence-corrected chi connectivity index (χ1v) is 11.0. The Hall–Kier alpha value is -1.34. The van der Waals surface area contributed by atoms with Gasteiger partial charge in [0.2, 0.25) is 5.91 Å². The molecule has 1 saturated carbocycles. The van der Waals surface area contributed by atoms with Gasteiger partial charge in [0.1, 0.15) is 23.0 Å². The molecule has 7 heteroatoms. The first-order valence-electron chi connectivity index (χ1n) is 10.3. The highest BCUT2D eigenvalue weighted by atomic mass is 32.2. The van der Waals surface area contributed by atoms with Crippen LogP contribution in [0.5, 0.6) is 0 Å². The third kappa shape index (κ3) is 6.35. The van der Waals surface area contributed by atoms with Crippen molar-refractivity contribution in [2.24, 2.45) is 5.92 Å². The largest absolute Gasteiger partial charge is 0.356 e. The molecule has 1 aromatic rings. The molecule has 0 aromatic carbocycles. The summed E-state index contributed by atoms with van der Waals surface area (Å²) in [7, 11) is 0. The van der Waals surface area contributed by atoms with Crippen LogP contribution in [-0.2, 0) is 4.79 Å². The number of nitrogens with one attached hydrogen (secondary N) is 1. The maximum Gasteiger partial charge on any atom is 0.223 e. The monoisotopic (exact) mass is 394 g/mol. The Kier molecular flexibility index (Phi) is 8.20. The summed E-state index contributed by atoms with van der Waals surface area (Å²) in [5, 5.41) is 3.54. The van der Waals surface area contributed by atoms with Crippen LogP contribution in [0.2, 0.25) is 0 Å². The fourth-order valence-electron chi connectivity index (χ4n) is 4.00. The topological polar surface area (TPSA) is 48.5 Å². The molecule has 5 nitrogen and oxygen atoms in total. The van der Waals surface area contributed by atoms with E-state index in [4.69, 9.17) is 0 Å². The molecule has 0 unspecified atom stereocenters. The number of hydrogen-bond donors (Lipinski definition) is 1. The van der Waals surface area contributed by atoms with Crippen LogP contribution in [0.4, 0.5) is 9.70 Å². The van der Waals surface area contributed by atoms with Crippen LogP contribution in [0.15, 0.2) is 23.2 Å². The van der Waals surface area contributed by atoms with E-state index in [1.807, 2.05) is 12.1 Å². The first kappa shape index (κ1) is 20.4. The summed E-state index contributed by atoms with van der Waals surface area (Å²) >= 11 is 0.196. The van der Waals surface area contributed by atoms with E-state index in [1.165, 1.54) is 19.3 Å². The maximum atomic E-state index is 12.7. The summed E-state index contributed by atoms with van der Waals surface area (Å²) in [4.78, 5) is 21.1. The molecule has 27 heavy (non-hydrogen) atoms. The number of pyridine rings is 1. The molecule has 2 aliphatic rings. The average Bonchev–Trinajstić information content (AvgIpc) is 2.74. The Balaban J connectivity index is 1.28. The van der Waals surface area contributed by atoms with Crippen molar-refractivity contribution in [1.82, 2.24) is 15.2 Å². The van der Waals surface area contributed by atoms with Crippen LogP contribution in [0.1, 0.15) is 44.9 Å². The van der Waals surface area contributed by atoms with E-state index in [1.54, 1.807) is 6.07 Å². The van der Waals surface area contributed by atoms with Gasteiger partial charge in [0.15, 0.2) is 0 Å². The summed E-state index contributed by atoms with van der Waals surface area (Å²) < 4.78 is 12.7. The van der Waals surface area contributed by atoms with Crippen LogP contribution >= 0.6 is 12.1 Å². The number of rotatable bonds is 8. The van der Waals surface area contributed by atoms with Crippen molar-refractivity contribution in [1.29, 1.82) is 0 Å². The first-order chi connectivity index (χ1) is 13.3. The number of unbranched alkanes of at least 4 members (excludes halogenated alkanes) is 1. The number of aromatic nitrogens is 1. The highest BCUT2D eigenvalue weighted by molar-refractivity contribution is 7.94. The molecule has 1 aliphatic carbocycles. The number of amides is 1. The van der Waals surface area contributed by atoms with E-state index >= 15 is 0 Å². The number of carbonyl (C=O) groups excluding carboxylic acids is 1. The van der Waals surface area contributed by atoms with Crippen molar-refractivity contribution >= 4 is 23.9 Å². The molecular formula is C20H31FN4OS. The lowest BCUT2D eigenvalue weighted by molar-refractivity contribution is -0.125. The zero-order chi connectivity index (χ0) is 18.9. The SMILES string of the molecule is O=C(NCCCCN1CCN(c2cccc(SF)n2)CC1)C1CCCCC1. The molecule has 0 spiro atoms. The molecule has 1 aromatic heterocycles. The van der Waals surface area contributed by atoms with E-state index in [9.17, 15) is 8.68 Å². The van der Waals surface area contributed by atoms with Crippen molar-refractivity contribution in [3.05, 3.63) is 18.2 Å². The Labute approximate surface area is 166 Å². The van der Waals surface area contributed by atoms with E-state index in [2.05, 4.69) is 20.1 Å². The molecule has 1 saturated heterocycles. The number of anilines is 1. The van der Waals surface area contributed by atoms with Gasteiger partial charge in [-0.3, -0.25) is 9.69 Å². The summed E-state index contributed by atoms with van der Waals surface area (Å²) in [6.07, 6.45) is 7.98. The third-order valence-corrected chi connectivity index (χ3v) is 6.05. The number of carbonyl (C=O) groups is 1. The summed E-state index contributed by atoms with van der Waals surface area (Å²) in [6.45, 7) is 5.72. The molecule has 2 fully saturated rings. The van der Waals surface area contributed by atoms with Gasteiger partial charge in [-0.05, 0) is 44.4 Å². The molecule has 150 valence electrons. The lowest BCUT2D eigenvalue weighted by atomic mass is 9.89. The average molecular weight is 395 g/mol. The molecule has 0 radical (unpaired) electrons. The van der Waals surface area contributed by atoms with Crippen LogP contribution in [0, 0.1) is 5.92 Å². The normalized spacial score (nSPS) is 19.2. The van der Waals surface area contributed by atoms with Gasteiger partial charge in [-0.15, -0.1) is 0 Å². The Morgan fingerprint density at radius 1 is 1.15 bits per heavy atom. The van der Waals surface area contributed by atoms with Gasteiger partial charge < -0.3 is 10.2 Å². The minimum Gasteiger partial charge on any atom is -0.356 e. The maximum absolute atomic E-state index is 12.7. The zero-order valence-electron chi connectivity index (χ0n) is 16.0. The molecular weight excluding hydrogens is 363 g/mol. The summed E-state index contributed by atoms with van der Waals surface area (Å²) in [6, 6.07) is 5.50. The van der Waals surface area contributed by atoms with Crippen LogP contribution in [-0.4, -0.2) is 55.1 Å². The third-order valence-electron chi connectivity index (χ3n) is 5.66. The number of nitrogens with zero attached hydrogens (tertiary/aromatic N) is 3. The Morgan fingerprint density at radius 3 is 2.67 bits per heavy atom. The molecule has 2 heterocycles. The van der Waals surface area contributed by atoms with Crippen molar-refractivity contribution in [3.63, 3.8) is 0 Å². The van der Waals surface area contributed by atoms with Gasteiger partial charge in [-0.25, -0.2) is 4.98 Å². The minimum atomic E-state index is 0.196. The smallest absolute Gasteiger partial charge is 0.223 e. The van der Waals surface area contributed by atoms with Crippen molar-refractivity contribution in [2.45, 2.75) is 50.0 Å².